The maximum Gasteiger partial charge on any atom is 0.417 e. The molecule has 4 heteroatoms. The summed E-state index contributed by atoms with van der Waals surface area (Å²) in [6.07, 6.45) is 1.76. The van der Waals surface area contributed by atoms with Gasteiger partial charge in [-0.3, -0.25) is 0 Å². The van der Waals surface area contributed by atoms with Crippen LogP contribution in [-0.2, 0) is 11.2 Å². The Labute approximate surface area is 113 Å². The molecule has 0 spiro atoms. The summed E-state index contributed by atoms with van der Waals surface area (Å²) < 4.78 is 5.00. The van der Waals surface area contributed by atoms with Crippen molar-refractivity contribution in [3.05, 3.63) is 47.9 Å². The molecule has 1 aromatic rings. The van der Waals surface area contributed by atoms with Crippen molar-refractivity contribution in [1.29, 1.82) is 0 Å². The van der Waals surface area contributed by atoms with Gasteiger partial charge in [0.2, 0.25) is 0 Å². The fraction of sp³-hybridized carbons (Fsp3) is 0.400. The Morgan fingerprint density at radius 1 is 1.47 bits per heavy atom. The van der Waals surface area contributed by atoms with E-state index in [9.17, 15) is 9.90 Å². The minimum absolute atomic E-state index is 0.0231. The summed E-state index contributed by atoms with van der Waals surface area (Å²) >= 11 is 0. The van der Waals surface area contributed by atoms with Gasteiger partial charge in [-0.25, -0.2) is 9.69 Å². The molecule has 1 saturated heterocycles. The standard InChI is InChI=1S/C15H19NO3/c1-11(2)13-10-19-15(18)16(13)14(17)9-8-12-6-4-3-5-7-12/h3-7,9,11,13,17H,8,10H2,1-2H3/b14-9-/t13-/m1/s1. The first-order chi connectivity index (χ1) is 9.09. The molecule has 102 valence electrons. The monoisotopic (exact) mass is 261 g/mol. The molecule has 1 aliphatic heterocycles. The number of hydrogen-bond donors (Lipinski definition) is 1. The number of amides is 1. The highest BCUT2D eigenvalue weighted by atomic mass is 16.6. The lowest BCUT2D eigenvalue weighted by Crippen LogP contribution is -2.36. The molecule has 19 heavy (non-hydrogen) atoms. The molecular weight excluding hydrogens is 242 g/mol. The molecule has 1 amide bonds. The van der Waals surface area contributed by atoms with Gasteiger partial charge in [0.05, 0.1) is 6.04 Å². The third-order valence-electron chi connectivity index (χ3n) is 3.29. The van der Waals surface area contributed by atoms with Crippen LogP contribution in [0.2, 0.25) is 0 Å². The zero-order chi connectivity index (χ0) is 13.8. The highest BCUT2D eigenvalue weighted by molar-refractivity contribution is 5.72. The second-order valence-electron chi connectivity index (χ2n) is 5.01. The van der Waals surface area contributed by atoms with Gasteiger partial charge in [0, 0.05) is 0 Å². The number of allylic oxidation sites excluding steroid dienone is 1. The van der Waals surface area contributed by atoms with Crippen molar-refractivity contribution in [3.63, 3.8) is 0 Å². The van der Waals surface area contributed by atoms with Gasteiger partial charge >= 0.3 is 6.09 Å². The number of nitrogens with zero attached hydrogens (tertiary/aromatic N) is 1. The third kappa shape index (κ3) is 3.08. The Hall–Kier alpha value is -1.97. The second kappa shape index (κ2) is 5.78. The predicted octanol–water partition coefficient (Wildman–Crippen LogP) is 3.11. The molecule has 0 saturated carbocycles. The molecule has 1 N–H and O–H groups in total. The first-order valence-electron chi connectivity index (χ1n) is 6.48. The van der Waals surface area contributed by atoms with Crippen LogP contribution in [-0.4, -0.2) is 28.7 Å². The number of aliphatic hydroxyl groups excluding tert-OH is 1. The van der Waals surface area contributed by atoms with Crippen molar-refractivity contribution in [2.24, 2.45) is 5.92 Å². The molecule has 0 radical (unpaired) electrons. The Morgan fingerprint density at radius 2 is 2.16 bits per heavy atom. The molecule has 1 fully saturated rings. The van der Waals surface area contributed by atoms with E-state index in [1.807, 2.05) is 44.2 Å². The number of benzene rings is 1. The lowest BCUT2D eigenvalue weighted by Gasteiger charge is -2.23. The van der Waals surface area contributed by atoms with Crippen LogP contribution >= 0.6 is 0 Å². The average molecular weight is 261 g/mol. The summed E-state index contributed by atoms with van der Waals surface area (Å²) in [5, 5.41) is 10.1. The van der Waals surface area contributed by atoms with E-state index < -0.39 is 6.09 Å². The molecule has 1 aromatic carbocycles. The summed E-state index contributed by atoms with van der Waals surface area (Å²) in [7, 11) is 0. The Balaban J connectivity index is 2.09. The fourth-order valence-electron chi connectivity index (χ4n) is 2.11. The molecule has 1 atom stereocenters. The lowest BCUT2D eigenvalue weighted by molar-refractivity contribution is 0.146. The largest absolute Gasteiger partial charge is 0.495 e. The number of aliphatic hydroxyl groups is 1. The van der Waals surface area contributed by atoms with Crippen LogP contribution in [0.5, 0.6) is 0 Å². The van der Waals surface area contributed by atoms with Gasteiger partial charge in [0.1, 0.15) is 6.61 Å². The minimum Gasteiger partial charge on any atom is -0.495 e. The van der Waals surface area contributed by atoms with Crippen LogP contribution in [0.1, 0.15) is 19.4 Å². The van der Waals surface area contributed by atoms with Gasteiger partial charge in [-0.1, -0.05) is 44.2 Å². The summed E-state index contributed by atoms with van der Waals surface area (Å²) in [5.74, 6) is 0.212. The van der Waals surface area contributed by atoms with E-state index in [-0.39, 0.29) is 17.8 Å². The maximum atomic E-state index is 11.6. The van der Waals surface area contributed by atoms with Gasteiger partial charge in [-0.05, 0) is 24.0 Å². The zero-order valence-corrected chi connectivity index (χ0v) is 11.2. The first kappa shape index (κ1) is 13.5. The molecule has 2 rings (SSSR count). The van der Waals surface area contributed by atoms with E-state index in [1.165, 1.54) is 4.90 Å². The highest BCUT2D eigenvalue weighted by Crippen LogP contribution is 2.23. The van der Waals surface area contributed by atoms with Crippen LogP contribution in [0, 0.1) is 5.92 Å². The van der Waals surface area contributed by atoms with E-state index in [2.05, 4.69) is 0 Å². The molecule has 1 heterocycles. The van der Waals surface area contributed by atoms with Crippen molar-refractivity contribution < 1.29 is 14.6 Å². The van der Waals surface area contributed by atoms with Gasteiger partial charge in [0.25, 0.3) is 0 Å². The molecule has 0 aromatic heterocycles. The molecule has 0 unspecified atom stereocenters. The number of rotatable bonds is 4. The maximum absolute atomic E-state index is 11.6. The van der Waals surface area contributed by atoms with Gasteiger partial charge in [-0.2, -0.15) is 0 Å². The normalized spacial score (nSPS) is 19.9. The second-order valence-corrected chi connectivity index (χ2v) is 5.01. The van der Waals surface area contributed by atoms with Crippen LogP contribution in [0.25, 0.3) is 0 Å². The van der Waals surface area contributed by atoms with Crippen molar-refractivity contribution >= 4 is 6.09 Å². The molecule has 4 nitrogen and oxygen atoms in total. The third-order valence-corrected chi connectivity index (χ3v) is 3.29. The Kier molecular flexibility index (Phi) is 4.10. The van der Waals surface area contributed by atoms with E-state index in [0.29, 0.717) is 13.0 Å². The van der Waals surface area contributed by atoms with Gasteiger partial charge < -0.3 is 9.84 Å². The van der Waals surface area contributed by atoms with Crippen LogP contribution in [0.15, 0.2) is 42.3 Å². The number of ether oxygens (including phenoxy) is 1. The summed E-state index contributed by atoms with van der Waals surface area (Å²) in [5.41, 5.74) is 1.09. The van der Waals surface area contributed by atoms with Crippen molar-refractivity contribution in [1.82, 2.24) is 4.90 Å². The molecular formula is C15H19NO3. The molecule has 0 aliphatic carbocycles. The molecule has 1 aliphatic rings. The van der Waals surface area contributed by atoms with Crippen molar-refractivity contribution in [2.75, 3.05) is 6.61 Å². The van der Waals surface area contributed by atoms with E-state index in [4.69, 9.17) is 4.74 Å². The Morgan fingerprint density at radius 3 is 2.79 bits per heavy atom. The van der Waals surface area contributed by atoms with Crippen molar-refractivity contribution in [2.45, 2.75) is 26.3 Å². The number of carbonyl (C=O) groups excluding carboxylic acids is 1. The van der Waals surface area contributed by atoms with Crippen LogP contribution in [0.3, 0.4) is 0 Å². The topological polar surface area (TPSA) is 49.8 Å². The SMILES string of the molecule is CC(C)[C@H]1COC(=O)N1/C(O)=C/Cc1ccccc1. The fourth-order valence-corrected chi connectivity index (χ4v) is 2.11. The summed E-state index contributed by atoms with van der Waals surface area (Å²) in [6.45, 7) is 4.34. The van der Waals surface area contributed by atoms with Gasteiger partial charge in [0.15, 0.2) is 5.88 Å². The number of carbonyl (C=O) groups is 1. The summed E-state index contributed by atoms with van der Waals surface area (Å²) in [6, 6.07) is 9.69. The average Bonchev–Trinajstić information content (AvgIpc) is 2.79. The lowest BCUT2D eigenvalue weighted by atomic mass is 10.0. The number of hydrogen-bond acceptors (Lipinski definition) is 3. The highest BCUT2D eigenvalue weighted by Gasteiger charge is 2.37. The quantitative estimate of drug-likeness (QED) is 0.847. The van der Waals surface area contributed by atoms with E-state index in [0.717, 1.165) is 5.56 Å². The molecule has 0 bridgehead atoms. The zero-order valence-electron chi connectivity index (χ0n) is 11.2. The first-order valence-corrected chi connectivity index (χ1v) is 6.48. The van der Waals surface area contributed by atoms with Gasteiger partial charge in [-0.15, -0.1) is 0 Å². The number of cyclic esters (lactones) is 1. The van der Waals surface area contributed by atoms with Crippen molar-refractivity contribution in [3.8, 4) is 0 Å². The van der Waals surface area contributed by atoms with E-state index in [1.54, 1.807) is 6.08 Å². The summed E-state index contributed by atoms with van der Waals surface area (Å²) in [4.78, 5) is 13.0. The van der Waals surface area contributed by atoms with Crippen LogP contribution in [0.4, 0.5) is 4.79 Å². The predicted molar refractivity (Wildman–Crippen MR) is 72.7 cm³/mol. The van der Waals surface area contributed by atoms with E-state index >= 15 is 0 Å². The van der Waals surface area contributed by atoms with Crippen LogP contribution < -0.4 is 0 Å². The Bertz CT molecular complexity index is 468. The smallest absolute Gasteiger partial charge is 0.417 e. The minimum atomic E-state index is -0.472.